The van der Waals surface area contributed by atoms with Crippen LogP contribution in [0.15, 0.2) is 61.1 Å². The molecule has 30 heavy (non-hydrogen) atoms. The summed E-state index contributed by atoms with van der Waals surface area (Å²) in [5.41, 5.74) is 4.46. The smallest absolute Gasteiger partial charge is 0.166 e. The molecule has 0 atom stereocenters. The van der Waals surface area contributed by atoms with Crippen molar-refractivity contribution >= 4 is 40.0 Å². The molecule has 0 aliphatic carbocycles. The number of fused-ring (bicyclic) bond motifs is 1. The normalized spacial score (nSPS) is 10.8. The van der Waals surface area contributed by atoms with Crippen LogP contribution in [-0.2, 0) is 25.9 Å². The molecule has 3 heterocycles. The molecule has 152 valence electrons. The van der Waals surface area contributed by atoms with E-state index in [0.29, 0.717) is 23.4 Å². The van der Waals surface area contributed by atoms with Gasteiger partial charge in [-0.05, 0) is 53.5 Å². The number of H-pyrrole nitrogens is 1. The number of nitrogens with zero attached hydrogens (tertiary/aromatic N) is 3. The predicted molar refractivity (Wildman–Crippen MR) is 123 cm³/mol. The van der Waals surface area contributed by atoms with Crippen molar-refractivity contribution in [3.8, 4) is 0 Å². The minimum Gasteiger partial charge on any atom is -0.359 e. The summed E-state index contributed by atoms with van der Waals surface area (Å²) in [4.78, 5) is 16.0. The van der Waals surface area contributed by atoms with Crippen LogP contribution in [0.4, 0.5) is 0 Å². The minimum atomic E-state index is 0.470. The highest BCUT2D eigenvalue weighted by Crippen LogP contribution is 2.15. The number of aryl methyl sites for hydroxylation is 2. The number of nitrogens with one attached hydrogen (secondary N) is 3. The molecule has 0 bridgehead atoms. The van der Waals surface area contributed by atoms with E-state index < -0.39 is 0 Å². The number of rotatable bonds is 7. The van der Waals surface area contributed by atoms with E-state index >= 15 is 0 Å². The summed E-state index contributed by atoms with van der Waals surface area (Å²) >= 11 is 11.4. The molecule has 8 heteroatoms. The Morgan fingerprint density at radius 1 is 0.900 bits per heavy atom. The van der Waals surface area contributed by atoms with Crippen molar-refractivity contribution in [2.24, 2.45) is 0 Å². The van der Waals surface area contributed by atoms with Gasteiger partial charge in [0.15, 0.2) is 5.11 Å². The van der Waals surface area contributed by atoms with E-state index in [-0.39, 0.29) is 0 Å². The van der Waals surface area contributed by atoms with E-state index in [2.05, 4.69) is 42.7 Å². The molecule has 4 rings (SSSR count). The maximum atomic E-state index is 5.95. The molecule has 1 aromatic carbocycles. The zero-order chi connectivity index (χ0) is 20.8. The van der Waals surface area contributed by atoms with Crippen LogP contribution in [-0.4, -0.2) is 25.0 Å². The quantitative estimate of drug-likeness (QED) is 0.300. The van der Waals surface area contributed by atoms with Crippen molar-refractivity contribution in [1.29, 1.82) is 0 Å². The van der Waals surface area contributed by atoms with Gasteiger partial charge in [0.05, 0.1) is 0 Å². The zero-order valence-corrected chi connectivity index (χ0v) is 17.8. The van der Waals surface area contributed by atoms with Gasteiger partial charge in [-0.2, -0.15) is 0 Å². The number of hydrogen-bond acceptors (Lipinski definition) is 4. The first-order valence-corrected chi connectivity index (χ1v) is 10.4. The molecule has 6 nitrogen and oxygen atoms in total. The van der Waals surface area contributed by atoms with Crippen molar-refractivity contribution in [3.05, 3.63) is 88.7 Å². The van der Waals surface area contributed by atoms with Crippen LogP contribution in [0, 0.1) is 0 Å². The summed E-state index contributed by atoms with van der Waals surface area (Å²) in [6, 6.07) is 14.0. The number of halogens is 1. The number of pyridine rings is 1. The fourth-order valence-electron chi connectivity index (χ4n) is 3.30. The summed E-state index contributed by atoms with van der Waals surface area (Å²) in [5.74, 6) is 0.746. The Kier molecular flexibility index (Phi) is 6.51. The van der Waals surface area contributed by atoms with Gasteiger partial charge < -0.3 is 15.6 Å². The van der Waals surface area contributed by atoms with Crippen molar-refractivity contribution in [2.45, 2.75) is 25.9 Å². The molecule has 4 aromatic rings. The lowest BCUT2D eigenvalue weighted by Crippen LogP contribution is -2.34. The van der Waals surface area contributed by atoms with E-state index in [9.17, 15) is 0 Å². The summed E-state index contributed by atoms with van der Waals surface area (Å²) in [6.45, 7) is 1.28. The molecule has 0 saturated heterocycles. The molecule has 0 radical (unpaired) electrons. The number of hydrogen-bond donors (Lipinski definition) is 3. The molecular formula is C22H21ClN6S. The second-order valence-electron chi connectivity index (χ2n) is 6.81. The van der Waals surface area contributed by atoms with Gasteiger partial charge in [-0.1, -0.05) is 35.9 Å². The second kappa shape index (κ2) is 9.65. The average Bonchev–Trinajstić information content (AvgIpc) is 3.25. The van der Waals surface area contributed by atoms with Crippen LogP contribution in [0.5, 0.6) is 0 Å². The predicted octanol–water partition coefficient (Wildman–Crippen LogP) is 3.96. The van der Waals surface area contributed by atoms with Crippen LogP contribution in [0.3, 0.4) is 0 Å². The SMILES string of the molecule is S=C(NCc1ccccc1CCc1nccc(Cl)n1)NCc1ccnc2[nH]ccc12. The van der Waals surface area contributed by atoms with Crippen LogP contribution >= 0.6 is 23.8 Å². The monoisotopic (exact) mass is 436 g/mol. The van der Waals surface area contributed by atoms with Crippen molar-refractivity contribution in [2.75, 3.05) is 0 Å². The molecule has 0 spiro atoms. The third-order valence-corrected chi connectivity index (χ3v) is 5.34. The van der Waals surface area contributed by atoms with Crippen LogP contribution < -0.4 is 10.6 Å². The molecule has 0 fully saturated rings. The second-order valence-corrected chi connectivity index (χ2v) is 7.61. The van der Waals surface area contributed by atoms with E-state index in [4.69, 9.17) is 23.8 Å². The van der Waals surface area contributed by atoms with Gasteiger partial charge in [-0.15, -0.1) is 0 Å². The topological polar surface area (TPSA) is 78.5 Å². The van der Waals surface area contributed by atoms with Gasteiger partial charge in [0.1, 0.15) is 16.6 Å². The molecule has 0 saturated carbocycles. The Morgan fingerprint density at radius 3 is 2.50 bits per heavy atom. The van der Waals surface area contributed by atoms with E-state index in [1.54, 1.807) is 18.5 Å². The van der Waals surface area contributed by atoms with Crippen molar-refractivity contribution < 1.29 is 0 Å². The van der Waals surface area contributed by atoms with E-state index in [1.807, 2.05) is 30.5 Å². The Labute approximate surface area is 185 Å². The van der Waals surface area contributed by atoms with Crippen LogP contribution in [0.2, 0.25) is 5.15 Å². The highest BCUT2D eigenvalue weighted by atomic mass is 35.5. The number of aromatic amines is 1. The van der Waals surface area contributed by atoms with Crippen molar-refractivity contribution in [3.63, 3.8) is 0 Å². The number of benzene rings is 1. The Morgan fingerprint density at radius 2 is 1.67 bits per heavy atom. The largest absolute Gasteiger partial charge is 0.359 e. The highest BCUT2D eigenvalue weighted by Gasteiger charge is 2.07. The average molecular weight is 437 g/mol. The van der Waals surface area contributed by atoms with Gasteiger partial charge in [0.25, 0.3) is 0 Å². The van der Waals surface area contributed by atoms with E-state index in [0.717, 1.165) is 35.3 Å². The first-order valence-electron chi connectivity index (χ1n) is 9.66. The standard InChI is InChI=1S/C22H21ClN6S/c23-19-9-12-24-20(29-19)6-5-15-3-1-2-4-16(15)13-27-22(30)28-14-17-7-10-25-21-18(17)8-11-26-21/h1-4,7-12H,5-6,13-14H2,(H,25,26)(H2,27,28,30). The van der Waals surface area contributed by atoms with Gasteiger partial charge in [-0.25, -0.2) is 15.0 Å². The Hall–Kier alpha value is -3.03. The minimum absolute atomic E-state index is 0.470. The van der Waals surface area contributed by atoms with Crippen LogP contribution in [0.1, 0.15) is 22.5 Å². The lowest BCUT2D eigenvalue weighted by molar-refractivity contribution is 0.808. The summed E-state index contributed by atoms with van der Waals surface area (Å²) in [6.07, 6.45) is 6.94. The zero-order valence-electron chi connectivity index (χ0n) is 16.2. The molecule has 0 aliphatic rings. The third kappa shape index (κ3) is 5.11. The van der Waals surface area contributed by atoms with Gasteiger partial charge in [-0.3, -0.25) is 0 Å². The maximum Gasteiger partial charge on any atom is 0.166 e. The fourth-order valence-corrected chi connectivity index (χ4v) is 3.60. The summed E-state index contributed by atoms with van der Waals surface area (Å²) < 4.78 is 0. The van der Waals surface area contributed by atoms with Gasteiger partial charge in [0, 0.05) is 43.5 Å². The van der Waals surface area contributed by atoms with Crippen LogP contribution in [0.25, 0.3) is 11.0 Å². The Balaban J connectivity index is 1.32. The lowest BCUT2D eigenvalue weighted by Gasteiger charge is -2.14. The van der Waals surface area contributed by atoms with Gasteiger partial charge in [0.2, 0.25) is 0 Å². The molecule has 3 aromatic heterocycles. The maximum absolute atomic E-state index is 5.95. The highest BCUT2D eigenvalue weighted by molar-refractivity contribution is 7.80. The molecule has 3 N–H and O–H groups in total. The molecule has 0 unspecified atom stereocenters. The first-order chi connectivity index (χ1) is 14.7. The molecule has 0 aliphatic heterocycles. The lowest BCUT2D eigenvalue weighted by atomic mass is 10.0. The first kappa shape index (κ1) is 20.3. The fraction of sp³-hybridized carbons (Fsp3) is 0.182. The molecule has 0 amide bonds. The number of thiocarbonyl (C=S) groups is 1. The van der Waals surface area contributed by atoms with Gasteiger partial charge >= 0.3 is 0 Å². The Bertz CT molecular complexity index is 1160. The van der Waals surface area contributed by atoms with Crippen molar-refractivity contribution in [1.82, 2.24) is 30.6 Å². The van der Waals surface area contributed by atoms with E-state index in [1.165, 1.54) is 11.1 Å². The summed E-state index contributed by atoms with van der Waals surface area (Å²) in [7, 11) is 0. The number of aromatic nitrogens is 4. The summed E-state index contributed by atoms with van der Waals surface area (Å²) in [5, 5.41) is 8.76. The molecular weight excluding hydrogens is 416 g/mol. The third-order valence-electron chi connectivity index (χ3n) is 4.84.